The third-order valence-corrected chi connectivity index (χ3v) is 4.27. The van der Waals surface area contributed by atoms with Crippen molar-refractivity contribution in [2.75, 3.05) is 10.6 Å². The second-order valence-corrected chi connectivity index (χ2v) is 6.88. The number of nitrogens with one attached hydrogen (secondary N) is 2. The Bertz CT molecular complexity index is 819. The summed E-state index contributed by atoms with van der Waals surface area (Å²) in [5.41, 5.74) is -2.46. The van der Waals surface area contributed by atoms with Gasteiger partial charge in [-0.05, 0) is 37.8 Å². The quantitative estimate of drug-likeness (QED) is 0.557. The van der Waals surface area contributed by atoms with Crippen molar-refractivity contribution in [3.8, 4) is 0 Å². The summed E-state index contributed by atoms with van der Waals surface area (Å²) in [7, 11) is 0. The smallest absolute Gasteiger partial charge is 0.416 e. The maximum absolute atomic E-state index is 13.2. The number of esters is 2. The average molecular weight is 435 g/mol. The fraction of sp³-hybridized carbons (Fsp3) is 0.412. The number of amides is 2. The zero-order valence-corrected chi connectivity index (χ0v) is 15.4. The van der Waals surface area contributed by atoms with Gasteiger partial charge in [-0.2, -0.15) is 13.2 Å². The van der Waals surface area contributed by atoms with Crippen molar-refractivity contribution in [1.29, 1.82) is 0 Å². The Balaban J connectivity index is 1.81. The highest BCUT2D eigenvalue weighted by atomic mass is 35.5. The van der Waals surface area contributed by atoms with Crippen LogP contribution in [0.5, 0.6) is 0 Å². The molecule has 156 valence electrons. The van der Waals surface area contributed by atoms with Gasteiger partial charge < -0.3 is 20.1 Å². The third-order valence-electron chi connectivity index (χ3n) is 3.86. The van der Waals surface area contributed by atoms with Gasteiger partial charge >= 0.3 is 29.9 Å². The van der Waals surface area contributed by atoms with Crippen LogP contribution in [0.1, 0.15) is 31.2 Å². The molecule has 8 nitrogen and oxygen atoms in total. The number of halogens is 4. The molecule has 2 fully saturated rings. The number of hydrogen-bond acceptors (Lipinski definition) is 6. The van der Waals surface area contributed by atoms with E-state index in [1.807, 2.05) is 10.6 Å². The maximum atomic E-state index is 13.2. The monoisotopic (exact) mass is 434 g/mol. The molecule has 2 saturated carbocycles. The Morgan fingerprint density at radius 2 is 1.24 bits per heavy atom. The molecule has 1 aromatic carbocycles. The van der Waals surface area contributed by atoms with Gasteiger partial charge in [0.25, 0.3) is 0 Å². The van der Waals surface area contributed by atoms with Gasteiger partial charge in [-0.25, -0.2) is 9.59 Å². The molecule has 2 amide bonds. The van der Waals surface area contributed by atoms with Gasteiger partial charge in [-0.15, -0.1) is 0 Å². The lowest BCUT2D eigenvalue weighted by molar-refractivity contribution is -0.153. The number of hydrogen-bond donors (Lipinski definition) is 2. The lowest BCUT2D eigenvalue weighted by Gasteiger charge is -2.16. The van der Waals surface area contributed by atoms with Crippen LogP contribution in [0.25, 0.3) is 0 Å². The van der Waals surface area contributed by atoms with Gasteiger partial charge in [0.05, 0.1) is 22.0 Å². The number of anilines is 2. The van der Waals surface area contributed by atoms with E-state index in [1.54, 1.807) is 0 Å². The number of carbonyl (C=O) groups is 4. The molecule has 0 aromatic heterocycles. The summed E-state index contributed by atoms with van der Waals surface area (Å²) in [6.07, 6.45) is -3.28. The number of ether oxygens (including phenoxy) is 2. The fourth-order valence-electron chi connectivity index (χ4n) is 2.10. The molecule has 0 spiro atoms. The van der Waals surface area contributed by atoms with Gasteiger partial charge in [-0.3, -0.25) is 9.59 Å². The fourth-order valence-corrected chi connectivity index (χ4v) is 2.30. The van der Waals surface area contributed by atoms with Crippen molar-refractivity contribution in [1.82, 2.24) is 0 Å². The summed E-state index contributed by atoms with van der Waals surface area (Å²) >= 11 is 5.96. The zero-order chi connectivity index (χ0) is 21.3. The molecule has 0 atom stereocenters. The topological polar surface area (TPSA) is 111 Å². The molecule has 1 aromatic rings. The SMILES string of the molecule is O=C(Nc1cc(C(F)(F)F)cc(NC(=O)C(=O)OC2CC2)c1Cl)C(=O)OC1CC1. The normalized spacial score (nSPS) is 16.0. The van der Waals surface area contributed by atoms with Crippen LogP contribution in [0.15, 0.2) is 12.1 Å². The van der Waals surface area contributed by atoms with Gasteiger partial charge in [0.15, 0.2) is 0 Å². The van der Waals surface area contributed by atoms with Crippen molar-refractivity contribution in [2.45, 2.75) is 44.1 Å². The highest BCUT2D eigenvalue weighted by molar-refractivity contribution is 6.43. The lowest BCUT2D eigenvalue weighted by Crippen LogP contribution is -2.27. The number of carbonyl (C=O) groups excluding carboxylic acids is 4. The maximum Gasteiger partial charge on any atom is 0.416 e. The molecule has 2 N–H and O–H groups in total. The molecule has 3 rings (SSSR count). The number of alkyl halides is 3. The highest BCUT2D eigenvalue weighted by Gasteiger charge is 2.35. The van der Waals surface area contributed by atoms with E-state index in [2.05, 4.69) is 0 Å². The van der Waals surface area contributed by atoms with Crippen molar-refractivity contribution in [2.24, 2.45) is 0 Å². The van der Waals surface area contributed by atoms with E-state index in [9.17, 15) is 32.3 Å². The molecular formula is C17H14ClF3N2O6. The predicted octanol–water partition coefficient (Wildman–Crippen LogP) is 2.65. The largest absolute Gasteiger partial charge is 0.455 e. The van der Waals surface area contributed by atoms with Crippen LogP contribution in [-0.2, 0) is 34.8 Å². The average Bonchev–Trinajstić information content (AvgIpc) is 3.53. The summed E-state index contributed by atoms with van der Waals surface area (Å²) in [6, 6.07) is 0.978. The first-order valence-electron chi connectivity index (χ1n) is 8.49. The van der Waals surface area contributed by atoms with Crippen LogP contribution in [0, 0.1) is 0 Å². The van der Waals surface area contributed by atoms with E-state index in [0.717, 1.165) is 0 Å². The Kier molecular flexibility index (Phi) is 5.69. The van der Waals surface area contributed by atoms with Crippen LogP contribution in [0.3, 0.4) is 0 Å². The zero-order valence-electron chi connectivity index (χ0n) is 14.6. The van der Waals surface area contributed by atoms with Crippen molar-refractivity contribution in [3.63, 3.8) is 0 Å². The minimum absolute atomic E-state index is 0.391. The predicted molar refractivity (Wildman–Crippen MR) is 91.9 cm³/mol. The van der Waals surface area contributed by atoms with E-state index in [4.69, 9.17) is 21.1 Å². The van der Waals surface area contributed by atoms with E-state index < -0.39 is 64.1 Å². The molecule has 0 unspecified atom stereocenters. The molecule has 2 aliphatic rings. The highest BCUT2D eigenvalue weighted by Crippen LogP contribution is 2.39. The van der Waals surface area contributed by atoms with Crippen molar-refractivity contribution >= 4 is 46.7 Å². The Hall–Kier alpha value is -2.82. The molecular weight excluding hydrogens is 421 g/mol. The Morgan fingerprint density at radius 1 is 0.862 bits per heavy atom. The third kappa shape index (κ3) is 5.59. The second-order valence-electron chi connectivity index (χ2n) is 6.50. The minimum Gasteiger partial charge on any atom is -0.455 e. The summed E-state index contributed by atoms with van der Waals surface area (Å²) in [4.78, 5) is 47.0. The molecule has 29 heavy (non-hydrogen) atoms. The van der Waals surface area contributed by atoms with Crippen LogP contribution in [-0.4, -0.2) is 36.0 Å². The first-order chi connectivity index (χ1) is 13.5. The van der Waals surface area contributed by atoms with Crippen LogP contribution >= 0.6 is 11.6 Å². The molecule has 2 aliphatic carbocycles. The molecule has 12 heteroatoms. The molecule has 0 radical (unpaired) electrons. The van der Waals surface area contributed by atoms with E-state index in [-0.39, 0.29) is 0 Å². The first-order valence-corrected chi connectivity index (χ1v) is 8.87. The number of rotatable bonds is 4. The van der Waals surface area contributed by atoms with Gasteiger partial charge in [-0.1, -0.05) is 11.6 Å². The Morgan fingerprint density at radius 3 is 1.55 bits per heavy atom. The van der Waals surface area contributed by atoms with E-state index in [1.165, 1.54) is 0 Å². The van der Waals surface area contributed by atoms with Crippen LogP contribution < -0.4 is 10.6 Å². The van der Waals surface area contributed by atoms with Gasteiger partial charge in [0.1, 0.15) is 12.2 Å². The summed E-state index contributed by atoms with van der Waals surface area (Å²) in [5.74, 6) is -5.22. The number of benzene rings is 1. The molecule has 0 aliphatic heterocycles. The molecule has 0 saturated heterocycles. The standard InChI is InChI=1S/C17H14ClF3N2O6/c18-12-10(22-13(24)15(26)28-8-1-2-8)5-7(17(19,20)21)6-11(12)23-14(25)16(27)29-9-3-4-9/h5-6,8-9H,1-4H2,(H,22,24)(H,23,25). The first kappa shape index (κ1) is 20.9. The lowest BCUT2D eigenvalue weighted by atomic mass is 10.1. The van der Waals surface area contributed by atoms with Gasteiger partial charge in [0, 0.05) is 0 Å². The summed E-state index contributed by atoms with van der Waals surface area (Å²) in [5, 5.41) is 3.34. The second kappa shape index (κ2) is 7.90. The summed E-state index contributed by atoms with van der Waals surface area (Å²) < 4.78 is 49.1. The van der Waals surface area contributed by atoms with Crippen molar-refractivity contribution < 1.29 is 41.8 Å². The van der Waals surface area contributed by atoms with Gasteiger partial charge in [0.2, 0.25) is 0 Å². The Labute approximate surface area is 166 Å². The van der Waals surface area contributed by atoms with Crippen molar-refractivity contribution in [3.05, 3.63) is 22.7 Å². The molecule has 0 heterocycles. The summed E-state index contributed by atoms with van der Waals surface area (Å²) in [6.45, 7) is 0. The van der Waals surface area contributed by atoms with E-state index >= 15 is 0 Å². The van der Waals surface area contributed by atoms with E-state index in [0.29, 0.717) is 37.8 Å². The minimum atomic E-state index is -4.87. The molecule has 0 bridgehead atoms. The van der Waals surface area contributed by atoms with Crippen LogP contribution in [0.4, 0.5) is 24.5 Å². The van der Waals surface area contributed by atoms with Crippen LogP contribution in [0.2, 0.25) is 5.02 Å².